The first-order valence-corrected chi connectivity index (χ1v) is 8.63. The molecular formula is C14H19N3O7S. The number of benzene rings is 1. The van der Waals surface area contributed by atoms with E-state index in [9.17, 15) is 28.1 Å². The zero-order chi connectivity index (χ0) is 19.4. The summed E-state index contributed by atoms with van der Waals surface area (Å²) >= 11 is 0. The van der Waals surface area contributed by atoms with Crippen LogP contribution < -0.4 is 5.32 Å². The fourth-order valence-electron chi connectivity index (χ4n) is 1.96. The first-order chi connectivity index (χ1) is 11.5. The lowest BCUT2D eigenvalue weighted by molar-refractivity contribution is -0.385. The minimum absolute atomic E-state index is 0.337. The van der Waals surface area contributed by atoms with Crippen molar-refractivity contribution in [2.24, 2.45) is 5.92 Å². The second-order valence-corrected chi connectivity index (χ2v) is 7.69. The fraction of sp³-hybridized carbons (Fsp3) is 0.429. The minimum atomic E-state index is -4.15. The Bertz CT molecular complexity index is 776. The van der Waals surface area contributed by atoms with Crippen LogP contribution in [0.3, 0.4) is 0 Å². The molecule has 0 bridgehead atoms. The number of non-ortho nitro benzene ring substituents is 1. The summed E-state index contributed by atoms with van der Waals surface area (Å²) in [4.78, 5) is 32.7. The average Bonchev–Trinajstić information content (AvgIpc) is 2.51. The molecule has 0 unspecified atom stereocenters. The second-order valence-electron chi connectivity index (χ2n) is 5.64. The van der Waals surface area contributed by atoms with E-state index in [0.717, 1.165) is 19.2 Å². The molecule has 1 aromatic rings. The third-order valence-electron chi connectivity index (χ3n) is 3.35. The van der Waals surface area contributed by atoms with Crippen LogP contribution in [0.1, 0.15) is 13.8 Å². The summed E-state index contributed by atoms with van der Waals surface area (Å²) in [6.07, 6.45) is 0. The first kappa shape index (κ1) is 20.5. The van der Waals surface area contributed by atoms with Gasteiger partial charge >= 0.3 is 5.97 Å². The molecule has 1 atom stereocenters. The van der Waals surface area contributed by atoms with Crippen molar-refractivity contribution in [1.82, 2.24) is 9.62 Å². The van der Waals surface area contributed by atoms with Crippen molar-refractivity contribution in [3.8, 4) is 0 Å². The van der Waals surface area contributed by atoms with Gasteiger partial charge in [-0.25, -0.2) is 13.2 Å². The molecular weight excluding hydrogens is 354 g/mol. The molecule has 25 heavy (non-hydrogen) atoms. The number of rotatable bonds is 8. The summed E-state index contributed by atoms with van der Waals surface area (Å²) in [6.45, 7) is 2.58. The van der Waals surface area contributed by atoms with Crippen molar-refractivity contribution >= 4 is 27.6 Å². The molecule has 0 heterocycles. The number of nitrogens with one attached hydrogen (secondary N) is 1. The standard InChI is InChI=1S/C14H19N3O7S/c1-9(2)13(14(19)20)15-12(18)8-16(3)25(23,24)11-6-4-5-10(7-11)17(21)22/h4-7,9,13H,8H2,1-3H3,(H,15,18)(H,19,20)/t13-/m0/s1. The molecule has 0 aliphatic rings. The van der Waals surface area contributed by atoms with Gasteiger partial charge in [0.1, 0.15) is 6.04 Å². The Morgan fingerprint density at radius 3 is 2.44 bits per heavy atom. The highest BCUT2D eigenvalue weighted by Crippen LogP contribution is 2.20. The molecule has 1 amide bonds. The fourth-order valence-corrected chi connectivity index (χ4v) is 3.12. The quantitative estimate of drug-likeness (QED) is 0.496. The van der Waals surface area contributed by atoms with Gasteiger partial charge in [-0.15, -0.1) is 0 Å². The highest BCUT2D eigenvalue weighted by atomic mass is 32.2. The number of aliphatic carboxylic acids is 1. The lowest BCUT2D eigenvalue weighted by Gasteiger charge is -2.21. The number of carboxylic acids is 1. The second kappa shape index (κ2) is 8.03. The highest BCUT2D eigenvalue weighted by Gasteiger charge is 2.28. The van der Waals surface area contributed by atoms with Gasteiger partial charge in [0.2, 0.25) is 15.9 Å². The van der Waals surface area contributed by atoms with Crippen LogP contribution in [-0.2, 0) is 19.6 Å². The van der Waals surface area contributed by atoms with Gasteiger partial charge in [-0.1, -0.05) is 19.9 Å². The first-order valence-electron chi connectivity index (χ1n) is 7.19. The summed E-state index contributed by atoms with van der Waals surface area (Å²) in [5, 5.41) is 22.0. The van der Waals surface area contributed by atoms with Crippen molar-refractivity contribution in [3.05, 3.63) is 34.4 Å². The van der Waals surface area contributed by atoms with Crippen molar-refractivity contribution in [2.45, 2.75) is 24.8 Å². The van der Waals surface area contributed by atoms with E-state index in [0.29, 0.717) is 4.31 Å². The summed E-state index contributed by atoms with van der Waals surface area (Å²) in [5.41, 5.74) is -0.398. The van der Waals surface area contributed by atoms with Crippen molar-refractivity contribution in [1.29, 1.82) is 0 Å². The van der Waals surface area contributed by atoms with E-state index >= 15 is 0 Å². The highest BCUT2D eigenvalue weighted by molar-refractivity contribution is 7.89. The van der Waals surface area contributed by atoms with Crippen LogP contribution in [0.5, 0.6) is 0 Å². The molecule has 10 nitrogen and oxygen atoms in total. The van der Waals surface area contributed by atoms with Crippen LogP contribution in [0, 0.1) is 16.0 Å². The van der Waals surface area contributed by atoms with Crippen LogP contribution in [0.15, 0.2) is 29.2 Å². The average molecular weight is 373 g/mol. The number of nitro groups is 1. The van der Waals surface area contributed by atoms with Gasteiger partial charge in [0.15, 0.2) is 0 Å². The molecule has 138 valence electrons. The van der Waals surface area contributed by atoms with Gasteiger partial charge in [-0.2, -0.15) is 4.31 Å². The van der Waals surface area contributed by atoms with E-state index in [1.54, 1.807) is 13.8 Å². The van der Waals surface area contributed by atoms with Crippen LogP contribution in [0.25, 0.3) is 0 Å². The zero-order valence-electron chi connectivity index (χ0n) is 13.9. The van der Waals surface area contributed by atoms with Gasteiger partial charge in [-0.3, -0.25) is 14.9 Å². The molecule has 0 aliphatic carbocycles. The van der Waals surface area contributed by atoms with E-state index < -0.39 is 45.1 Å². The smallest absolute Gasteiger partial charge is 0.326 e. The van der Waals surface area contributed by atoms with E-state index in [4.69, 9.17) is 5.11 Å². The molecule has 0 fully saturated rings. The van der Waals surface area contributed by atoms with Gasteiger partial charge in [0.05, 0.1) is 16.4 Å². The third kappa shape index (κ3) is 5.22. The van der Waals surface area contributed by atoms with E-state index in [1.165, 1.54) is 12.1 Å². The number of sulfonamides is 1. The molecule has 0 radical (unpaired) electrons. The minimum Gasteiger partial charge on any atom is -0.480 e. The molecule has 0 saturated heterocycles. The van der Waals surface area contributed by atoms with Crippen LogP contribution >= 0.6 is 0 Å². The number of hydrogen-bond donors (Lipinski definition) is 2. The van der Waals surface area contributed by atoms with Crippen molar-refractivity contribution in [2.75, 3.05) is 13.6 Å². The number of nitrogens with zero attached hydrogens (tertiary/aromatic N) is 2. The number of nitro benzene ring substituents is 1. The molecule has 0 spiro atoms. The van der Waals surface area contributed by atoms with Gasteiger partial charge in [0.25, 0.3) is 5.69 Å². The SMILES string of the molecule is CC(C)[C@H](NC(=O)CN(C)S(=O)(=O)c1cccc([N+](=O)[O-])c1)C(=O)O. The number of carboxylic acid groups (broad SMARTS) is 1. The Labute approximate surface area is 144 Å². The maximum absolute atomic E-state index is 12.4. The topological polar surface area (TPSA) is 147 Å². The Morgan fingerprint density at radius 2 is 1.96 bits per heavy atom. The Hall–Kier alpha value is -2.53. The molecule has 1 rings (SSSR count). The number of hydrogen-bond acceptors (Lipinski definition) is 6. The van der Waals surface area contributed by atoms with E-state index in [1.807, 2.05) is 0 Å². The summed E-state index contributed by atoms with van der Waals surface area (Å²) in [5.74, 6) is -2.41. The molecule has 2 N–H and O–H groups in total. The monoisotopic (exact) mass is 373 g/mol. The van der Waals surface area contributed by atoms with Crippen LogP contribution in [-0.4, -0.2) is 54.3 Å². The molecule has 11 heteroatoms. The lowest BCUT2D eigenvalue weighted by Crippen LogP contribution is -2.48. The number of carbonyl (C=O) groups is 2. The summed E-state index contributed by atoms with van der Waals surface area (Å²) < 4.78 is 25.5. The molecule has 0 aliphatic heterocycles. The number of carbonyl (C=O) groups excluding carboxylic acids is 1. The number of amides is 1. The van der Waals surface area contributed by atoms with Gasteiger partial charge < -0.3 is 10.4 Å². The maximum atomic E-state index is 12.4. The molecule has 1 aromatic carbocycles. The summed E-state index contributed by atoms with van der Waals surface area (Å²) in [6, 6.07) is 3.27. The Morgan fingerprint density at radius 1 is 1.36 bits per heavy atom. The zero-order valence-corrected chi connectivity index (χ0v) is 14.7. The molecule has 0 saturated carbocycles. The predicted molar refractivity (Wildman–Crippen MR) is 87.3 cm³/mol. The van der Waals surface area contributed by atoms with Gasteiger partial charge in [-0.05, 0) is 12.0 Å². The third-order valence-corrected chi connectivity index (χ3v) is 5.15. The summed E-state index contributed by atoms with van der Waals surface area (Å²) in [7, 11) is -3.02. The molecule has 0 aromatic heterocycles. The Balaban J connectivity index is 2.93. The van der Waals surface area contributed by atoms with E-state index in [-0.39, 0.29) is 10.8 Å². The normalized spacial score (nSPS) is 12.8. The van der Waals surface area contributed by atoms with Crippen LogP contribution in [0.4, 0.5) is 5.69 Å². The lowest BCUT2D eigenvalue weighted by atomic mass is 10.1. The van der Waals surface area contributed by atoms with Crippen LogP contribution in [0.2, 0.25) is 0 Å². The maximum Gasteiger partial charge on any atom is 0.326 e. The van der Waals surface area contributed by atoms with E-state index in [2.05, 4.69) is 5.32 Å². The number of likely N-dealkylation sites (N-methyl/N-ethyl adjacent to an activating group) is 1. The van der Waals surface area contributed by atoms with Gasteiger partial charge in [0, 0.05) is 19.2 Å². The predicted octanol–water partition coefficient (Wildman–Crippen LogP) is 0.441. The Kier molecular flexibility index (Phi) is 6.59. The largest absolute Gasteiger partial charge is 0.480 e. The van der Waals surface area contributed by atoms with Crippen molar-refractivity contribution < 1.29 is 28.0 Å². The van der Waals surface area contributed by atoms with Crippen molar-refractivity contribution in [3.63, 3.8) is 0 Å².